The van der Waals surface area contributed by atoms with E-state index in [1.807, 2.05) is 53.4 Å². The zero-order chi connectivity index (χ0) is 50.2. The molecule has 0 aromatic heterocycles. The lowest BCUT2D eigenvalue weighted by Gasteiger charge is -2.32. The number of fused-ring (bicyclic) bond motifs is 2. The van der Waals surface area contributed by atoms with Crippen molar-refractivity contribution in [3.05, 3.63) is 65.2 Å². The third-order valence-corrected chi connectivity index (χ3v) is 11.2. The number of carboxylic acids is 3. The van der Waals surface area contributed by atoms with Crippen LogP contribution in [0.4, 0.5) is 5.69 Å². The zero-order valence-corrected chi connectivity index (χ0v) is 40.2. The smallest absolute Gasteiger partial charge is 0.317 e. The van der Waals surface area contributed by atoms with Crippen molar-refractivity contribution in [3.8, 4) is 11.8 Å². The number of nitrogens with one attached hydrogen (secondary N) is 2. The first-order valence-electron chi connectivity index (χ1n) is 23.9. The largest absolute Gasteiger partial charge is 0.480 e. The van der Waals surface area contributed by atoms with Crippen molar-refractivity contribution in [1.82, 2.24) is 30.2 Å². The first kappa shape index (κ1) is 57.0. The molecule has 21 nitrogen and oxygen atoms in total. The van der Waals surface area contributed by atoms with Crippen molar-refractivity contribution in [2.45, 2.75) is 32.2 Å². The SMILES string of the molecule is O=C(O)CN1CCN(CC(=O)O)CCN(CC(=O)NCCOCCOCCOCCOCCOCCNC(=O)CCCCC(=O)N2Cc3ccccc3C#Cc3ccccc32)CCN(CC(=O)O)CC1. The van der Waals surface area contributed by atoms with Crippen LogP contribution in [0.3, 0.4) is 0 Å². The molecular weight excluding hydrogens is 911 g/mol. The monoisotopic (exact) mass is 982 g/mol. The Morgan fingerprint density at radius 3 is 1.34 bits per heavy atom. The number of hydrogen-bond acceptors (Lipinski definition) is 15. The van der Waals surface area contributed by atoms with Crippen molar-refractivity contribution < 1.29 is 67.8 Å². The number of ether oxygens (including phenoxy) is 5. The van der Waals surface area contributed by atoms with Crippen LogP contribution in [0.2, 0.25) is 0 Å². The van der Waals surface area contributed by atoms with E-state index in [2.05, 4.69) is 22.5 Å². The molecule has 0 spiro atoms. The van der Waals surface area contributed by atoms with Crippen molar-refractivity contribution in [2.75, 3.05) is 163 Å². The van der Waals surface area contributed by atoms with Gasteiger partial charge in [0.1, 0.15) is 0 Å². The quantitative estimate of drug-likeness (QED) is 0.0503. The van der Waals surface area contributed by atoms with Gasteiger partial charge in [-0.3, -0.25) is 48.4 Å². The first-order chi connectivity index (χ1) is 34.0. The molecule has 2 heterocycles. The van der Waals surface area contributed by atoms with Crippen LogP contribution in [-0.4, -0.2) is 228 Å². The summed E-state index contributed by atoms with van der Waals surface area (Å²) in [5.41, 5.74) is 3.53. The lowest BCUT2D eigenvalue weighted by molar-refractivity contribution is -0.140. The number of para-hydroxylation sites is 1. The fraction of sp³-hybridized carbons (Fsp3) is 0.592. The van der Waals surface area contributed by atoms with E-state index in [1.54, 1.807) is 19.6 Å². The van der Waals surface area contributed by atoms with Crippen LogP contribution in [0.15, 0.2) is 48.5 Å². The van der Waals surface area contributed by atoms with Gasteiger partial charge in [-0.15, -0.1) is 0 Å². The van der Waals surface area contributed by atoms with Crippen LogP contribution in [0, 0.1) is 11.8 Å². The Morgan fingerprint density at radius 1 is 0.471 bits per heavy atom. The van der Waals surface area contributed by atoms with E-state index in [9.17, 15) is 44.1 Å². The second-order valence-corrected chi connectivity index (χ2v) is 16.7. The van der Waals surface area contributed by atoms with Crippen molar-refractivity contribution in [3.63, 3.8) is 0 Å². The lowest BCUT2D eigenvalue weighted by Crippen LogP contribution is -2.50. The molecule has 1 fully saturated rings. The summed E-state index contributed by atoms with van der Waals surface area (Å²) in [6.45, 7) is 6.51. The van der Waals surface area contributed by atoms with E-state index in [1.165, 1.54) is 0 Å². The topological polar surface area (TPSA) is 250 Å². The number of nitrogens with zero attached hydrogens (tertiary/aromatic N) is 5. The van der Waals surface area contributed by atoms with E-state index in [0.717, 1.165) is 22.4 Å². The Balaban J connectivity index is 0.939. The Labute approximate surface area is 410 Å². The fourth-order valence-electron chi connectivity index (χ4n) is 7.54. The van der Waals surface area contributed by atoms with E-state index < -0.39 is 17.9 Å². The van der Waals surface area contributed by atoms with Crippen molar-refractivity contribution >= 4 is 41.3 Å². The highest BCUT2D eigenvalue weighted by molar-refractivity contribution is 5.95. The molecular formula is C49H71N7O14. The van der Waals surface area contributed by atoms with Crippen molar-refractivity contribution in [2.24, 2.45) is 0 Å². The number of hydrogen-bond donors (Lipinski definition) is 5. The molecule has 386 valence electrons. The van der Waals surface area contributed by atoms with E-state index in [-0.39, 0.29) is 57.1 Å². The zero-order valence-electron chi connectivity index (χ0n) is 40.2. The standard InChI is InChI=1S/C49H71N7O14/c57-44(11-5-6-12-46(59)56-35-42-9-2-1-7-40(42)13-14-41-8-3-4-10-43(41)56)50-15-25-66-27-29-68-31-33-70-34-32-69-30-28-67-26-16-51-45(58)36-52-17-19-53(37-47(60)61)21-23-55(39-49(64)65)24-22-54(20-18-52)38-48(62)63/h1-4,7-10H,5-6,11-12,15-39H2,(H,50,57)(H,51,58)(H,60,61)(H,62,63)(H,64,65). The van der Waals surface area contributed by atoms with Gasteiger partial charge in [0, 0.05) is 89.4 Å². The number of anilines is 1. The molecule has 21 heteroatoms. The highest BCUT2D eigenvalue weighted by Crippen LogP contribution is 2.26. The summed E-state index contributed by atoms with van der Waals surface area (Å²) in [5, 5.41) is 33.8. The first-order valence-corrected chi connectivity index (χ1v) is 23.9. The van der Waals surface area contributed by atoms with Crippen molar-refractivity contribution in [1.29, 1.82) is 0 Å². The minimum Gasteiger partial charge on any atom is -0.480 e. The number of carbonyl (C=O) groups excluding carboxylic acids is 3. The maximum absolute atomic E-state index is 13.4. The van der Waals surface area contributed by atoms with Crippen LogP contribution >= 0.6 is 0 Å². The molecule has 2 aromatic carbocycles. The van der Waals surface area contributed by atoms with Gasteiger partial charge in [0.2, 0.25) is 17.7 Å². The summed E-state index contributed by atoms with van der Waals surface area (Å²) in [4.78, 5) is 81.7. The fourth-order valence-corrected chi connectivity index (χ4v) is 7.54. The van der Waals surface area contributed by atoms with Crippen LogP contribution in [0.5, 0.6) is 0 Å². The number of carbonyl (C=O) groups is 6. The van der Waals surface area contributed by atoms with Gasteiger partial charge in [0.15, 0.2) is 0 Å². The Hall–Kier alpha value is -5.54. The van der Waals surface area contributed by atoms with Crippen LogP contribution in [0.25, 0.3) is 0 Å². The molecule has 0 aliphatic carbocycles. The van der Waals surface area contributed by atoms with Gasteiger partial charge in [0.05, 0.1) is 104 Å². The number of carboxylic acid groups (broad SMARTS) is 3. The Bertz CT molecular complexity index is 1970. The summed E-state index contributed by atoms with van der Waals surface area (Å²) in [5.74, 6) is 3.05. The Morgan fingerprint density at radius 2 is 0.857 bits per heavy atom. The molecule has 0 saturated carbocycles. The average Bonchev–Trinajstić information content (AvgIpc) is 3.32. The van der Waals surface area contributed by atoms with Gasteiger partial charge >= 0.3 is 17.9 Å². The summed E-state index contributed by atoms with van der Waals surface area (Å²) >= 11 is 0. The van der Waals surface area contributed by atoms with Gasteiger partial charge < -0.3 is 54.5 Å². The van der Waals surface area contributed by atoms with Crippen LogP contribution in [0.1, 0.15) is 42.4 Å². The molecule has 3 amide bonds. The average molecular weight is 982 g/mol. The second-order valence-electron chi connectivity index (χ2n) is 16.7. The normalized spacial score (nSPS) is 15.2. The van der Waals surface area contributed by atoms with E-state index in [0.29, 0.717) is 151 Å². The lowest BCUT2D eigenvalue weighted by atomic mass is 10.0. The number of benzene rings is 2. The number of aliphatic carboxylic acids is 3. The van der Waals surface area contributed by atoms with Gasteiger partial charge in [-0.05, 0) is 36.6 Å². The number of unbranched alkanes of at least 4 members (excludes halogenated alkanes) is 1. The van der Waals surface area contributed by atoms with Crippen LogP contribution < -0.4 is 15.5 Å². The molecule has 5 N–H and O–H groups in total. The highest BCUT2D eigenvalue weighted by Gasteiger charge is 2.23. The maximum atomic E-state index is 13.4. The Kier molecular flexibility index (Phi) is 27.6. The molecule has 0 bridgehead atoms. The maximum Gasteiger partial charge on any atom is 0.317 e. The molecule has 0 atom stereocenters. The summed E-state index contributed by atoms with van der Waals surface area (Å²) in [6, 6.07) is 15.5. The summed E-state index contributed by atoms with van der Waals surface area (Å²) in [6.07, 6.45) is 1.85. The highest BCUT2D eigenvalue weighted by atomic mass is 16.6. The predicted molar refractivity (Wildman–Crippen MR) is 257 cm³/mol. The minimum absolute atomic E-state index is 0.00236. The molecule has 0 radical (unpaired) electrons. The number of rotatable bonds is 31. The van der Waals surface area contributed by atoms with Gasteiger partial charge in [0.25, 0.3) is 0 Å². The minimum atomic E-state index is -1.03. The van der Waals surface area contributed by atoms with Gasteiger partial charge in [-0.1, -0.05) is 42.2 Å². The van der Waals surface area contributed by atoms with E-state index >= 15 is 0 Å². The van der Waals surface area contributed by atoms with Gasteiger partial charge in [-0.25, -0.2) is 0 Å². The van der Waals surface area contributed by atoms with E-state index in [4.69, 9.17) is 23.7 Å². The molecule has 2 aliphatic heterocycles. The molecule has 70 heavy (non-hydrogen) atoms. The summed E-state index contributed by atoms with van der Waals surface area (Å²) in [7, 11) is 0. The summed E-state index contributed by atoms with van der Waals surface area (Å²) < 4.78 is 27.7. The predicted octanol–water partition coefficient (Wildman–Crippen LogP) is 0.284. The third kappa shape index (κ3) is 24.3. The number of amides is 3. The molecule has 2 aliphatic rings. The third-order valence-electron chi connectivity index (χ3n) is 11.2. The molecule has 0 unspecified atom stereocenters. The molecule has 4 rings (SSSR count). The molecule has 2 aromatic rings. The van der Waals surface area contributed by atoms with Gasteiger partial charge in [-0.2, -0.15) is 0 Å². The molecule has 1 saturated heterocycles. The van der Waals surface area contributed by atoms with Crippen LogP contribution in [-0.2, 0) is 59.0 Å². The second kappa shape index (κ2) is 33.9.